The molecule has 0 spiro atoms. The number of para-hydroxylation sites is 1. The topological polar surface area (TPSA) is 18.5 Å². The van der Waals surface area contributed by atoms with E-state index in [0.717, 1.165) is 11.8 Å². The van der Waals surface area contributed by atoms with E-state index in [1.165, 1.54) is 49.8 Å². The van der Waals surface area contributed by atoms with Gasteiger partial charge in [0.05, 0.1) is 9.52 Å². The monoisotopic (exact) mass is 370 g/mol. The third kappa shape index (κ3) is 6.61. The second-order valence-electron chi connectivity index (χ2n) is 7.03. The highest BCUT2D eigenvalue weighted by Crippen LogP contribution is 2.33. The number of hydrogen-bond acceptors (Lipinski definition) is 2. The first-order valence-corrected chi connectivity index (χ1v) is 11.5. The van der Waals surface area contributed by atoms with Crippen molar-refractivity contribution in [2.45, 2.75) is 51.5 Å². The summed E-state index contributed by atoms with van der Waals surface area (Å²) < 4.78 is 36.1. The molecular formula is C20H32F2O2Si. The predicted octanol–water partition coefficient (Wildman–Crippen LogP) is 4.20. The van der Waals surface area contributed by atoms with Crippen LogP contribution in [0.15, 0.2) is 18.2 Å². The molecule has 0 N–H and O–H groups in total. The molecule has 1 fully saturated rings. The Hall–Kier alpha value is -1.10. The Bertz CT molecular complexity index is 491. The van der Waals surface area contributed by atoms with Crippen LogP contribution in [-0.4, -0.2) is 36.1 Å². The fraction of sp³-hybridized carbons (Fsp3) is 0.700. The second kappa shape index (κ2) is 11.5. The number of halogens is 2. The van der Waals surface area contributed by atoms with Crippen molar-refractivity contribution < 1.29 is 18.3 Å². The molecule has 0 unspecified atom stereocenters. The quantitative estimate of drug-likeness (QED) is 0.544. The summed E-state index contributed by atoms with van der Waals surface area (Å²) in [5.41, 5.74) is 0. The lowest BCUT2D eigenvalue weighted by Crippen LogP contribution is -2.23. The van der Waals surface area contributed by atoms with E-state index >= 15 is 0 Å². The minimum Gasteiger partial charge on any atom is -0.487 e. The largest absolute Gasteiger partial charge is 0.487 e. The molecule has 1 aromatic rings. The van der Waals surface area contributed by atoms with Gasteiger partial charge in [-0.3, -0.25) is 0 Å². The molecule has 25 heavy (non-hydrogen) atoms. The summed E-state index contributed by atoms with van der Waals surface area (Å²) in [6, 6.07) is 7.07. The molecule has 0 saturated heterocycles. The van der Waals surface area contributed by atoms with Crippen molar-refractivity contribution in [1.29, 1.82) is 0 Å². The summed E-state index contributed by atoms with van der Waals surface area (Å²) in [7, 11) is -0.507. The molecule has 2 nitrogen and oxygen atoms in total. The zero-order chi connectivity index (χ0) is 17.9. The molecule has 1 aromatic carbocycles. The molecular weight excluding hydrogens is 338 g/mol. The van der Waals surface area contributed by atoms with Crippen molar-refractivity contribution in [2.75, 3.05) is 26.6 Å². The van der Waals surface area contributed by atoms with E-state index in [-0.39, 0.29) is 13.2 Å². The molecule has 2 rings (SSSR count). The SMILES string of the molecule is CCCC1CCC(C[SiH2]c2cccc(OCCF)c2OCCF)CC1. The Morgan fingerprint density at radius 2 is 1.68 bits per heavy atom. The Kier molecular flexibility index (Phi) is 9.30. The fourth-order valence-electron chi connectivity index (χ4n) is 3.90. The van der Waals surface area contributed by atoms with E-state index in [4.69, 9.17) is 9.47 Å². The first-order valence-electron chi connectivity index (χ1n) is 9.77. The third-order valence-electron chi connectivity index (χ3n) is 5.20. The molecule has 1 aliphatic rings. The lowest BCUT2D eigenvalue weighted by atomic mass is 9.81. The van der Waals surface area contributed by atoms with Crippen molar-refractivity contribution in [3.05, 3.63) is 18.2 Å². The van der Waals surface area contributed by atoms with Gasteiger partial charge in [0.25, 0.3) is 0 Å². The number of benzene rings is 1. The van der Waals surface area contributed by atoms with E-state index in [1.54, 1.807) is 6.07 Å². The van der Waals surface area contributed by atoms with Gasteiger partial charge in [-0.2, -0.15) is 0 Å². The average molecular weight is 371 g/mol. The van der Waals surface area contributed by atoms with Gasteiger partial charge in [0.15, 0.2) is 11.5 Å². The van der Waals surface area contributed by atoms with Crippen LogP contribution in [0.4, 0.5) is 8.78 Å². The van der Waals surface area contributed by atoms with Crippen LogP contribution in [0.5, 0.6) is 11.5 Å². The van der Waals surface area contributed by atoms with Gasteiger partial charge < -0.3 is 9.47 Å². The molecule has 1 saturated carbocycles. The maximum Gasteiger partial charge on any atom is 0.161 e. The molecule has 0 aliphatic heterocycles. The molecule has 0 atom stereocenters. The minimum absolute atomic E-state index is 0.0123. The summed E-state index contributed by atoms with van der Waals surface area (Å²) in [5, 5.41) is 1.18. The maximum absolute atomic E-state index is 12.6. The van der Waals surface area contributed by atoms with E-state index in [1.807, 2.05) is 6.07 Å². The summed E-state index contributed by atoms with van der Waals surface area (Å²) in [5.74, 6) is 2.97. The van der Waals surface area contributed by atoms with Crippen molar-refractivity contribution in [3.8, 4) is 11.5 Å². The Balaban J connectivity index is 1.93. The Morgan fingerprint density at radius 1 is 1.00 bits per heavy atom. The van der Waals surface area contributed by atoms with Crippen LogP contribution >= 0.6 is 0 Å². The number of rotatable bonds is 11. The average Bonchev–Trinajstić information content (AvgIpc) is 2.65. The molecule has 0 aromatic heterocycles. The maximum atomic E-state index is 12.6. The smallest absolute Gasteiger partial charge is 0.161 e. The molecule has 1 aliphatic carbocycles. The lowest BCUT2D eigenvalue weighted by Gasteiger charge is -2.28. The molecule has 0 bridgehead atoms. The first kappa shape index (κ1) is 20.2. The van der Waals surface area contributed by atoms with Crippen molar-refractivity contribution in [3.63, 3.8) is 0 Å². The van der Waals surface area contributed by atoms with Gasteiger partial charge in [-0.05, 0) is 23.1 Å². The van der Waals surface area contributed by atoms with Crippen LogP contribution in [0.2, 0.25) is 6.04 Å². The molecule has 142 valence electrons. The van der Waals surface area contributed by atoms with Crippen LogP contribution in [-0.2, 0) is 0 Å². The molecule has 0 radical (unpaired) electrons. The van der Waals surface area contributed by atoms with Gasteiger partial charge in [-0.25, -0.2) is 8.78 Å². The van der Waals surface area contributed by atoms with E-state index in [2.05, 4.69) is 13.0 Å². The second-order valence-corrected chi connectivity index (χ2v) is 8.87. The van der Waals surface area contributed by atoms with Crippen LogP contribution < -0.4 is 14.7 Å². The van der Waals surface area contributed by atoms with Crippen molar-refractivity contribution in [1.82, 2.24) is 0 Å². The lowest BCUT2D eigenvalue weighted by molar-refractivity contribution is 0.236. The number of hydrogen-bond donors (Lipinski definition) is 0. The summed E-state index contributed by atoms with van der Waals surface area (Å²) in [6.45, 7) is 1.25. The van der Waals surface area contributed by atoms with Crippen LogP contribution in [0.25, 0.3) is 0 Å². The highest BCUT2D eigenvalue weighted by molar-refractivity contribution is 6.54. The van der Waals surface area contributed by atoms with Gasteiger partial charge >= 0.3 is 0 Å². The third-order valence-corrected chi connectivity index (χ3v) is 7.40. The van der Waals surface area contributed by atoms with Crippen LogP contribution in [0, 0.1) is 11.8 Å². The van der Waals surface area contributed by atoms with E-state index in [0.29, 0.717) is 11.5 Å². The van der Waals surface area contributed by atoms with Gasteiger partial charge in [0.2, 0.25) is 0 Å². The highest BCUT2D eigenvalue weighted by atomic mass is 28.2. The van der Waals surface area contributed by atoms with Crippen LogP contribution in [0.1, 0.15) is 45.4 Å². The highest BCUT2D eigenvalue weighted by Gasteiger charge is 2.21. The van der Waals surface area contributed by atoms with Crippen molar-refractivity contribution >= 4 is 14.7 Å². The molecule has 5 heteroatoms. The van der Waals surface area contributed by atoms with Gasteiger partial charge in [0.1, 0.15) is 26.6 Å². The predicted molar refractivity (Wildman–Crippen MR) is 103 cm³/mol. The molecule has 0 heterocycles. The zero-order valence-electron chi connectivity index (χ0n) is 15.4. The summed E-state index contributed by atoms with van der Waals surface area (Å²) >= 11 is 0. The fourth-order valence-corrected chi connectivity index (χ4v) is 6.00. The first-order chi connectivity index (χ1) is 12.3. The standard InChI is InChI=1S/C20H32F2O2Si/c1-2-4-16-7-9-17(10-8-16)15-25-19-6-3-5-18(23-13-11-21)20(19)24-14-12-22/h3,5-6,16-17H,2,4,7-15,25H2,1H3. The molecule has 0 amide bonds. The van der Waals surface area contributed by atoms with Crippen molar-refractivity contribution in [2.24, 2.45) is 11.8 Å². The van der Waals surface area contributed by atoms with Gasteiger partial charge in [0, 0.05) is 0 Å². The van der Waals surface area contributed by atoms with Crippen LogP contribution in [0.3, 0.4) is 0 Å². The number of alkyl halides is 2. The normalized spacial score (nSPS) is 20.9. The Morgan fingerprint density at radius 3 is 2.36 bits per heavy atom. The Labute approximate surface area is 153 Å². The zero-order valence-corrected chi connectivity index (χ0v) is 16.9. The summed E-state index contributed by atoms with van der Waals surface area (Å²) in [6.07, 6.45) is 8.10. The number of ether oxygens (including phenoxy) is 2. The minimum atomic E-state index is -0.536. The summed E-state index contributed by atoms with van der Waals surface area (Å²) in [4.78, 5) is 0. The van der Waals surface area contributed by atoms with Gasteiger partial charge in [-0.1, -0.05) is 63.6 Å². The van der Waals surface area contributed by atoms with Gasteiger partial charge in [-0.15, -0.1) is 0 Å². The van der Waals surface area contributed by atoms with E-state index in [9.17, 15) is 8.78 Å². The van der Waals surface area contributed by atoms with E-state index < -0.39 is 22.9 Å².